The van der Waals surface area contributed by atoms with Gasteiger partial charge in [-0.15, -0.1) is 13.2 Å². The van der Waals surface area contributed by atoms with Crippen LogP contribution in [0.1, 0.15) is 26.6 Å². The standard InChI is InChI=1S/C25H22F5N5O3/c1-13-31-19-11-17(26)18(27)12-20(19)35(13)22-10-15(33-23(36)38-24(2,3)4)9-21(34-22)32-14-5-7-16(8-6-14)37-25(28,29)30/h5-12H,1-4H3,(H2,32,33,34,36). The van der Waals surface area contributed by atoms with Gasteiger partial charge in [0.2, 0.25) is 0 Å². The van der Waals surface area contributed by atoms with Crippen LogP contribution in [0.3, 0.4) is 0 Å². The van der Waals surface area contributed by atoms with Crippen LogP contribution in [0.25, 0.3) is 16.9 Å². The predicted molar refractivity (Wildman–Crippen MR) is 130 cm³/mol. The van der Waals surface area contributed by atoms with E-state index < -0.39 is 35.4 Å². The van der Waals surface area contributed by atoms with Gasteiger partial charge in [0.05, 0.1) is 16.7 Å². The average molecular weight is 535 g/mol. The van der Waals surface area contributed by atoms with Crippen LogP contribution in [0.4, 0.5) is 43.9 Å². The molecule has 0 spiro atoms. The largest absolute Gasteiger partial charge is 0.573 e. The van der Waals surface area contributed by atoms with Crippen molar-refractivity contribution in [2.45, 2.75) is 39.7 Å². The van der Waals surface area contributed by atoms with Crippen LogP contribution < -0.4 is 15.4 Å². The minimum atomic E-state index is -4.83. The molecule has 38 heavy (non-hydrogen) atoms. The second-order valence-corrected chi connectivity index (χ2v) is 9.17. The normalized spacial score (nSPS) is 11.9. The molecule has 0 radical (unpaired) electrons. The molecule has 0 saturated heterocycles. The number of halogens is 5. The number of ether oxygens (including phenoxy) is 2. The average Bonchev–Trinajstić information content (AvgIpc) is 3.07. The Balaban J connectivity index is 1.74. The smallest absolute Gasteiger partial charge is 0.444 e. The van der Waals surface area contributed by atoms with Gasteiger partial charge in [-0.25, -0.2) is 23.5 Å². The van der Waals surface area contributed by atoms with Gasteiger partial charge in [0, 0.05) is 30.0 Å². The van der Waals surface area contributed by atoms with E-state index >= 15 is 0 Å². The number of pyridine rings is 1. The monoisotopic (exact) mass is 535 g/mol. The molecule has 2 aromatic heterocycles. The second kappa shape index (κ2) is 9.80. The van der Waals surface area contributed by atoms with Gasteiger partial charge in [-0.2, -0.15) is 0 Å². The Kier molecular flexibility index (Phi) is 6.87. The first-order chi connectivity index (χ1) is 17.7. The van der Waals surface area contributed by atoms with Crippen LogP contribution in [0.15, 0.2) is 48.5 Å². The molecule has 0 bridgehead atoms. The van der Waals surface area contributed by atoms with Crippen molar-refractivity contribution in [3.05, 3.63) is 66.0 Å². The third kappa shape index (κ3) is 6.47. The number of alkyl halides is 3. The Morgan fingerprint density at radius 2 is 1.58 bits per heavy atom. The number of hydrogen-bond acceptors (Lipinski definition) is 6. The summed E-state index contributed by atoms with van der Waals surface area (Å²) in [5.74, 6) is -1.85. The lowest BCUT2D eigenvalue weighted by molar-refractivity contribution is -0.274. The Hall–Kier alpha value is -4.42. The van der Waals surface area contributed by atoms with Crippen molar-refractivity contribution in [3.63, 3.8) is 0 Å². The molecular formula is C25H22F5N5O3. The Morgan fingerprint density at radius 1 is 0.921 bits per heavy atom. The first kappa shape index (κ1) is 26.6. The molecule has 13 heteroatoms. The number of carbonyl (C=O) groups is 1. The number of rotatable bonds is 5. The van der Waals surface area contributed by atoms with E-state index in [1.165, 1.54) is 28.8 Å². The summed E-state index contributed by atoms with van der Waals surface area (Å²) in [5, 5.41) is 5.53. The van der Waals surface area contributed by atoms with Gasteiger partial charge in [-0.05, 0) is 52.0 Å². The molecule has 8 nitrogen and oxygen atoms in total. The molecule has 0 atom stereocenters. The van der Waals surface area contributed by atoms with Crippen molar-refractivity contribution in [1.82, 2.24) is 14.5 Å². The van der Waals surface area contributed by atoms with Crippen molar-refractivity contribution in [3.8, 4) is 11.6 Å². The van der Waals surface area contributed by atoms with Crippen LogP contribution in [-0.2, 0) is 4.74 Å². The zero-order chi connectivity index (χ0) is 27.8. The van der Waals surface area contributed by atoms with E-state index in [9.17, 15) is 26.7 Å². The van der Waals surface area contributed by atoms with E-state index in [2.05, 4.69) is 25.3 Å². The minimum absolute atomic E-state index is 0.168. The molecule has 0 aliphatic carbocycles. The topological polar surface area (TPSA) is 90.3 Å². The zero-order valence-electron chi connectivity index (χ0n) is 20.6. The molecule has 1 amide bonds. The first-order valence-corrected chi connectivity index (χ1v) is 11.2. The molecule has 2 N–H and O–H groups in total. The van der Waals surface area contributed by atoms with E-state index in [0.29, 0.717) is 11.5 Å². The summed E-state index contributed by atoms with van der Waals surface area (Å²) in [5.41, 5.74) is 0.215. The van der Waals surface area contributed by atoms with Crippen molar-refractivity contribution in [1.29, 1.82) is 0 Å². The quantitative estimate of drug-likeness (QED) is 0.268. The van der Waals surface area contributed by atoms with Gasteiger partial charge in [0.15, 0.2) is 11.6 Å². The van der Waals surface area contributed by atoms with Crippen molar-refractivity contribution >= 4 is 34.3 Å². The molecule has 0 saturated carbocycles. The van der Waals surface area contributed by atoms with Crippen LogP contribution >= 0.6 is 0 Å². The first-order valence-electron chi connectivity index (χ1n) is 11.2. The highest BCUT2D eigenvalue weighted by Crippen LogP contribution is 2.29. The summed E-state index contributed by atoms with van der Waals surface area (Å²) < 4.78 is 75.9. The Labute approximate surface area is 213 Å². The maximum Gasteiger partial charge on any atom is 0.573 e. The number of fused-ring (bicyclic) bond motifs is 1. The van der Waals surface area contributed by atoms with Gasteiger partial charge in [-0.3, -0.25) is 9.88 Å². The lowest BCUT2D eigenvalue weighted by Crippen LogP contribution is -2.27. The number of aromatic nitrogens is 3. The Morgan fingerprint density at radius 3 is 2.21 bits per heavy atom. The highest BCUT2D eigenvalue weighted by molar-refractivity contribution is 5.86. The van der Waals surface area contributed by atoms with E-state index in [-0.39, 0.29) is 28.4 Å². The molecule has 0 aliphatic heterocycles. The molecule has 4 rings (SSSR count). The molecule has 0 aliphatic rings. The van der Waals surface area contributed by atoms with Gasteiger partial charge in [0.25, 0.3) is 0 Å². The summed E-state index contributed by atoms with van der Waals surface area (Å²) in [6, 6.07) is 9.79. The molecule has 0 unspecified atom stereocenters. The fourth-order valence-electron chi connectivity index (χ4n) is 3.56. The SMILES string of the molecule is Cc1nc2cc(F)c(F)cc2n1-c1cc(NC(=O)OC(C)(C)C)cc(Nc2ccc(OC(F)(F)F)cc2)n1. The number of benzene rings is 2. The number of aryl methyl sites for hydroxylation is 1. The lowest BCUT2D eigenvalue weighted by Gasteiger charge is -2.20. The van der Waals surface area contributed by atoms with Crippen molar-refractivity contribution in [2.75, 3.05) is 10.6 Å². The number of hydrogen-bond donors (Lipinski definition) is 2. The summed E-state index contributed by atoms with van der Waals surface area (Å²) in [6.07, 6.45) is -5.59. The van der Waals surface area contributed by atoms with Gasteiger partial charge in [-0.1, -0.05) is 0 Å². The Bertz CT molecular complexity index is 1490. The molecule has 200 valence electrons. The maximum atomic E-state index is 14.1. The highest BCUT2D eigenvalue weighted by Gasteiger charge is 2.31. The fourth-order valence-corrected chi connectivity index (χ4v) is 3.56. The number of anilines is 3. The van der Waals surface area contributed by atoms with Gasteiger partial charge >= 0.3 is 12.5 Å². The van der Waals surface area contributed by atoms with Crippen molar-refractivity contribution < 1.29 is 36.2 Å². The van der Waals surface area contributed by atoms with E-state index in [1.807, 2.05) is 0 Å². The summed E-state index contributed by atoms with van der Waals surface area (Å²) in [6.45, 7) is 6.69. The maximum absolute atomic E-state index is 14.1. The van der Waals surface area contributed by atoms with Crippen LogP contribution in [0.5, 0.6) is 5.75 Å². The number of carbonyl (C=O) groups excluding carboxylic acids is 1. The summed E-state index contributed by atoms with van der Waals surface area (Å²) >= 11 is 0. The third-order valence-electron chi connectivity index (χ3n) is 4.91. The summed E-state index contributed by atoms with van der Waals surface area (Å²) in [4.78, 5) is 21.2. The third-order valence-corrected chi connectivity index (χ3v) is 4.91. The van der Waals surface area contributed by atoms with Gasteiger partial charge < -0.3 is 14.8 Å². The predicted octanol–water partition coefficient (Wildman–Crippen LogP) is 7.00. The van der Waals surface area contributed by atoms with Crippen LogP contribution in [-0.4, -0.2) is 32.6 Å². The fraction of sp³-hybridized carbons (Fsp3) is 0.240. The minimum Gasteiger partial charge on any atom is -0.444 e. The molecule has 2 heterocycles. The van der Waals surface area contributed by atoms with E-state index in [0.717, 1.165) is 24.3 Å². The number of nitrogens with zero attached hydrogens (tertiary/aromatic N) is 3. The van der Waals surface area contributed by atoms with Crippen molar-refractivity contribution in [2.24, 2.45) is 0 Å². The van der Waals surface area contributed by atoms with Crippen LogP contribution in [0, 0.1) is 18.6 Å². The molecule has 2 aromatic carbocycles. The number of imidazole rings is 1. The lowest BCUT2D eigenvalue weighted by atomic mass is 10.2. The zero-order valence-corrected chi connectivity index (χ0v) is 20.6. The summed E-state index contributed by atoms with van der Waals surface area (Å²) in [7, 11) is 0. The molecule has 0 fully saturated rings. The molecular weight excluding hydrogens is 513 g/mol. The van der Waals surface area contributed by atoms with Crippen LogP contribution in [0.2, 0.25) is 0 Å². The van der Waals surface area contributed by atoms with E-state index in [4.69, 9.17) is 4.74 Å². The second-order valence-electron chi connectivity index (χ2n) is 9.17. The number of nitrogens with one attached hydrogen (secondary N) is 2. The van der Waals surface area contributed by atoms with E-state index in [1.54, 1.807) is 27.7 Å². The molecule has 4 aromatic rings. The van der Waals surface area contributed by atoms with Gasteiger partial charge in [0.1, 0.15) is 28.8 Å². The number of amides is 1. The highest BCUT2D eigenvalue weighted by atomic mass is 19.4.